The number of likely N-dealkylation sites (tertiary alicyclic amines) is 1. The van der Waals surface area contributed by atoms with Crippen LogP contribution in [0, 0.1) is 12.8 Å². The van der Waals surface area contributed by atoms with E-state index in [1.165, 1.54) is 63.0 Å². The van der Waals surface area contributed by atoms with E-state index in [2.05, 4.69) is 48.3 Å². The van der Waals surface area contributed by atoms with E-state index in [-0.39, 0.29) is 0 Å². The summed E-state index contributed by atoms with van der Waals surface area (Å²) < 4.78 is 0. The van der Waals surface area contributed by atoms with Crippen LogP contribution in [-0.2, 0) is 0 Å². The molecule has 2 heteroatoms. The van der Waals surface area contributed by atoms with E-state index < -0.39 is 0 Å². The van der Waals surface area contributed by atoms with Crippen LogP contribution in [0.5, 0.6) is 0 Å². The Kier molecular flexibility index (Phi) is 6.38. The average Bonchev–Trinajstić information content (AvgIpc) is 2.67. The summed E-state index contributed by atoms with van der Waals surface area (Å²) in [6.45, 7) is 9.26. The first kappa shape index (κ1) is 15.4. The summed E-state index contributed by atoms with van der Waals surface area (Å²) in [6, 6.07) is 8.69. The van der Waals surface area contributed by atoms with Crippen LogP contribution in [0.1, 0.15) is 44.6 Å². The van der Waals surface area contributed by atoms with E-state index in [1.807, 2.05) is 0 Å². The summed E-state index contributed by atoms with van der Waals surface area (Å²) in [6.07, 6.45) is 7.00. The van der Waals surface area contributed by atoms with Gasteiger partial charge in [0.2, 0.25) is 0 Å². The molecular formula is C18H30N2. The highest BCUT2D eigenvalue weighted by molar-refractivity contribution is 5.44. The molecule has 1 saturated heterocycles. The smallest absolute Gasteiger partial charge is 0.0340 e. The molecule has 0 aliphatic carbocycles. The van der Waals surface area contributed by atoms with Crippen LogP contribution in [0.4, 0.5) is 5.69 Å². The van der Waals surface area contributed by atoms with Gasteiger partial charge in [-0.2, -0.15) is 0 Å². The molecule has 1 heterocycles. The Morgan fingerprint density at radius 2 is 1.95 bits per heavy atom. The van der Waals surface area contributed by atoms with Crippen LogP contribution >= 0.6 is 0 Å². The van der Waals surface area contributed by atoms with Gasteiger partial charge in [-0.15, -0.1) is 0 Å². The van der Waals surface area contributed by atoms with E-state index in [0.29, 0.717) is 0 Å². The highest BCUT2D eigenvalue weighted by atomic mass is 15.1. The van der Waals surface area contributed by atoms with Gasteiger partial charge in [-0.05, 0) is 57.3 Å². The van der Waals surface area contributed by atoms with Crippen LogP contribution < -0.4 is 5.32 Å². The molecule has 1 aromatic carbocycles. The molecule has 1 N–H and O–H groups in total. The van der Waals surface area contributed by atoms with E-state index in [4.69, 9.17) is 0 Å². The Hall–Kier alpha value is -1.02. The molecule has 2 nitrogen and oxygen atoms in total. The van der Waals surface area contributed by atoms with Gasteiger partial charge in [-0.3, -0.25) is 0 Å². The van der Waals surface area contributed by atoms with Crippen LogP contribution in [-0.4, -0.2) is 31.1 Å². The number of anilines is 1. The summed E-state index contributed by atoms with van der Waals surface area (Å²) in [5.41, 5.74) is 2.57. The summed E-state index contributed by atoms with van der Waals surface area (Å²) in [4.78, 5) is 2.64. The number of nitrogens with one attached hydrogen (secondary N) is 1. The SMILES string of the molecule is CCCC1CCCN(CCNc2ccc(C)cc2)CC1. The molecule has 112 valence electrons. The number of benzene rings is 1. The molecule has 1 fully saturated rings. The lowest BCUT2D eigenvalue weighted by Gasteiger charge is -2.20. The van der Waals surface area contributed by atoms with Crippen LogP contribution in [0.2, 0.25) is 0 Å². The lowest BCUT2D eigenvalue weighted by atomic mass is 9.96. The molecular weight excluding hydrogens is 244 g/mol. The second kappa shape index (κ2) is 8.31. The zero-order chi connectivity index (χ0) is 14.2. The van der Waals surface area contributed by atoms with E-state index >= 15 is 0 Å². The quantitative estimate of drug-likeness (QED) is 0.831. The Labute approximate surface area is 124 Å². The van der Waals surface area contributed by atoms with E-state index in [9.17, 15) is 0 Å². The molecule has 0 aromatic heterocycles. The minimum absolute atomic E-state index is 0.982. The van der Waals surface area contributed by atoms with Crippen LogP contribution in [0.15, 0.2) is 24.3 Å². The zero-order valence-electron chi connectivity index (χ0n) is 13.2. The molecule has 1 atom stereocenters. The number of rotatable bonds is 6. The standard InChI is InChI=1S/C18H30N2/c1-3-5-17-6-4-13-20(14-11-17)15-12-19-18-9-7-16(2)8-10-18/h7-10,17,19H,3-6,11-15H2,1-2H3. The van der Waals surface area contributed by atoms with Crippen molar-refractivity contribution in [2.45, 2.75) is 46.0 Å². The lowest BCUT2D eigenvalue weighted by molar-refractivity contribution is 0.289. The molecule has 1 aromatic rings. The summed E-state index contributed by atoms with van der Waals surface area (Å²) >= 11 is 0. The fourth-order valence-corrected chi connectivity index (χ4v) is 3.18. The summed E-state index contributed by atoms with van der Waals surface area (Å²) in [5, 5.41) is 3.53. The number of hydrogen-bond acceptors (Lipinski definition) is 2. The Bertz CT molecular complexity index is 372. The minimum atomic E-state index is 0.982. The molecule has 1 unspecified atom stereocenters. The second-order valence-electron chi connectivity index (χ2n) is 6.22. The maximum atomic E-state index is 3.53. The number of nitrogens with zero attached hydrogens (tertiary/aromatic N) is 1. The first-order valence-electron chi connectivity index (χ1n) is 8.31. The van der Waals surface area contributed by atoms with Gasteiger partial charge in [-0.1, -0.05) is 37.5 Å². The van der Waals surface area contributed by atoms with Crippen LogP contribution in [0.3, 0.4) is 0 Å². The molecule has 0 amide bonds. The highest BCUT2D eigenvalue weighted by Crippen LogP contribution is 2.21. The number of aryl methyl sites for hydroxylation is 1. The van der Waals surface area contributed by atoms with Gasteiger partial charge in [0.05, 0.1) is 0 Å². The van der Waals surface area contributed by atoms with Crippen molar-refractivity contribution < 1.29 is 0 Å². The fraction of sp³-hybridized carbons (Fsp3) is 0.667. The molecule has 0 bridgehead atoms. The minimum Gasteiger partial charge on any atom is -0.384 e. The van der Waals surface area contributed by atoms with E-state index in [1.54, 1.807) is 0 Å². The third kappa shape index (κ3) is 5.16. The third-order valence-corrected chi connectivity index (χ3v) is 4.45. The molecule has 0 radical (unpaired) electrons. The summed E-state index contributed by atoms with van der Waals surface area (Å²) in [7, 11) is 0. The predicted octanol–water partition coefficient (Wildman–Crippen LogP) is 4.31. The molecule has 1 aliphatic rings. The van der Waals surface area contributed by atoms with Crippen molar-refractivity contribution in [3.05, 3.63) is 29.8 Å². The molecule has 0 saturated carbocycles. The average molecular weight is 274 g/mol. The summed E-state index contributed by atoms with van der Waals surface area (Å²) in [5.74, 6) is 0.982. The maximum Gasteiger partial charge on any atom is 0.0340 e. The molecule has 0 spiro atoms. The van der Waals surface area contributed by atoms with Gasteiger partial charge in [0.25, 0.3) is 0 Å². The molecule has 1 aliphatic heterocycles. The fourth-order valence-electron chi connectivity index (χ4n) is 3.18. The first-order chi connectivity index (χ1) is 9.78. The third-order valence-electron chi connectivity index (χ3n) is 4.45. The predicted molar refractivity (Wildman–Crippen MR) is 88.4 cm³/mol. The normalized spacial score (nSPS) is 20.6. The molecule has 20 heavy (non-hydrogen) atoms. The Morgan fingerprint density at radius 3 is 2.70 bits per heavy atom. The van der Waals surface area contributed by atoms with Crippen LogP contribution in [0.25, 0.3) is 0 Å². The molecule has 2 rings (SSSR count). The van der Waals surface area contributed by atoms with Crippen molar-refractivity contribution >= 4 is 5.69 Å². The Balaban J connectivity index is 1.67. The zero-order valence-corrected chi connectivity index (χ0v) is 13.2. The van der Waals surface area contributed by atoms with Crippen molar-refractivity contribution in [2.75, 3.05) is 31.5 Å². The van der Waals surface area contributed by atoms with Gasteiger partial charge >= 0.3 is 0 Å². The monoisotopic (exact) mass is 274 g/mol. The topological polar surface area (TPSA) is 15.3 Å². The Morgan fingerprint density at radius 1 is 1.15 bits per heavy atom. The van der Waals surface area contributed by atoms with E-state index in [0.717, 1.165) is 12.5 Å². The van der Waals surface area contributed by atoms with Crippen molar-refractivity contribution in [2.24, 2.45) is 5.92 Å². The second-order valence-corrected chi connectivity index (χ2v) is 6.22. The van der Waals surface area contributed by atoms with Gasteiger partial charge in [0, 0.05) is 18.8 Å². The first-order valence-corrected chi connectivity index (χ1v) is 8.31. The van der Waals surface area contributed by atoms with Gasteiger partial charge < -0.3 is 10.2 Å². The van der Waals surface area contributed by atoms with Crippen molar-refractivity contribution in [1.29, 1.82) is 0 Å². The largest absolute Gasteiger partial charge is 0.384 e. The number of hydrogen-bond donors (Lipinski definition) is 1. The highest BCUT2D eigenvalue weighted by Gasteiger charge is 2.15. The van der Waals surface area contributed by atoms with Crippen molar-refractivity contribution in [3.63, 3.8) is 0 Å². The maximum absolute atomic E-state index is 3.53. The van der Waals surface area contributed by atoms with Crippen molar-refractivity contribution in [1.82, 2.24) is 4.90 Å². The van der Waals surface area contributed by atoms with Gasteiger partial charge in [0.15, 0.2) is 0 Å². The van der Waals surface area contributed by atoms with Gasteiger partial charge in [0.1, 0.15) is 0 Å². The lowest BCUT2D eigenvalue weighted by Crippen LogP contribution is -2.30. The van der Waals surface area contributed by atoms with Gasteiger partial charge in [-0.25, -0.2) is 0 Å². The van der Waals surface area contributed by atoms with Crippen molar-refractivity contribution in [3.8, 4) is 0 Å².